The van der Waals surface area contributed by atoms with Crippen LogP contribution >= 0.6 is 0 Å². The van der Waals surface area contributed by atoms with Gasteiger partial charge in [-0.15, -0.1) is 0 Å². The Morgan fingerprint density at radius 3 is 2.44 bits per heavy atom. The second kappa shape index (κ2) is 7.52. The van der Waals surface area contributed by atoms with Gasteiger partial charge in [0.2, 0.25) is 0 Å². The van der Waals surface area contributed by atoms with E-state index in [2.05, 4.69) is 0 Å². The van der Waals surface area contributed by atoms with Gasteiger partial charge in [-0.1, -0.05) is 18.2 Å². The lowest BCUT2D eigenvalue weighted by Gasteiger charge is -2.23. The third-order valence-corrected chi connectivity index (χ3v) is 3.49. The van der Waals surface area contributed by atoms with Crippen molar-refractivity contribution in [1.82, 2.24) is 5.32 Å². The van der Waals surface area contributed by atoms with Crippen LogP contribution in [0.3, 0.4) is 0 Å². The Morgan fingerprint density at radius 1 is 1.20 bits per heavy atom. The highest BCUT2D eigenvalue weighted by molar-refractivity contribution is 5.97. The number of hydrogen-bond acceptors (Lipinski definition) is 3. The Bertz CT molecular complexity index is 750. The first kappa shape index (κ1) is 18.7. The van der Waals surface area contributed by atoms with Gasteiger partial charge in [0, 0.05) is 0 Å². The molecule has 0 saturated heterocycles. The molecule has 2 rings (SSSR count). The lowest BCUT2D eigenvalue weighted by Crippen LogP contribution is -2.41. The van der Waals surface area contributed by atoms with E-state index in [4.69, 9.17) is 4.74 Å². The van der Waals surface area contributed by atoms with E-state index >= 15 is 0 Å². The van der Waals surface area contributed by atoms with Crippen molar-refractivity contribution in [2.45, 2.75) is 12.0 Å². The maximum atomic E-state index is 14.1. The number of benzene rings is 2. The van der Waals surface area contributed by atoms with Crippen LogP contribution < -0.4 is 10.1 Å². The van der Waals surface area contributed by atoms with E-state index < -0.39 is 41.7 Å². The molecular formula is C17H15F4NO3. The highest BCUT2D eigenvalue weighted by atomic mass is 19.3. The van der Waals surface area contributed by atoms with Crippen LogP contribution in [0, 0.1) is 11.6 Å². The first-order valence-corrected chi connectivity index (χ1v) is 7.18. The SMILES string of the molecule is COc1cccc(F)c1C(=O)NCC(F)(F)C(O)c1ccc(F)cc1. The number of nitrogens with one attached hydrogen (secondary N) is 1. The van der Waals surface area contributed by atoms with Crippen molar-refractivity contribution >= 4 is 5.91 Å². The summed E-state index contributed by atoms with van der Waals surface area (Å²) in [7, 11) is 1.21. The molecule has 0 aliphatic heterocycles. The molecule has 4 nitrogen and oxygen atoms in total. The fourth-order valence-electron chi connectivity index (χ4n) is 2.17. The van der Waals surface area contributed by atoms with Crippen LogP contribution in [0.2, 0.25) is 0 Å². The van der Waals surface area contributed by atoms with Gasteiger partial charge in [-0.05, 0) is 29.8 Å². The van der Waals surface area contributed by atoms with Crippen LogP contribution in [-0.4, -0.2) is 30.6 Å². The minimum absolute atomic E-state index is 0.111. The van der Waals surface area contributed by atoms with E-state index in [1.54, 1.807) is 0 Å². The Balaban J connectivity index is 2.11. The fraction of sp³-hybridized carbons (Fsp3) is 0.235. The van der Waals surface area contributed by atoms with E-state index in [-0.39, 0.29) is 11.3 Å². The first-order valence-electron chi connectivity index (χ1n) is 7.18. The number of halogens is 4. The topological polar surface area (TPSA) is 58.6 Å². The molecule has 25 heavy (non-hydrogen) atoms. The van der Waals surface area contributed by atoms with Gasteiger partial charge in [-0.3, -0.25) is 4.79 Å². The Kier molecular flexibility index (Phi) is 5.63. The number of rotatable bonds is 6. The lowest BCUT2D eigenvalue weighted by molar-refractivity contribution is -0.106. The number of amides is 1. The predicted octanol–water partition coefficient (Wildman–Crippen LogP) is 3.07. The standard InChI is InChI=1S/C17H15F4NO3/c1-25-13-4-2-3-12(19)14(13)16(24)22-9-17(20,21)15(23)10-5-7-11(18)8-6-10/h2-8,15,23H,9H2,1H3,(H,22,24). The van der Waals surface area contributed by atoms with Crippen molar-refractivity contribution in [3.05, 3.63) is 65.2 Å². The van der Waals surface area contributed by atoms with E-state index in [1.165, 1.54) is 19.2 Å². The number of carbonyl (C=O) groups is 1. The average molecular weight is 357 g/mol. The number of ether oxygens (including phenoxy) is 1. The second-order valence-electron chi connectivity index (χ2n) is 5.21. The van der Waals surface area contributed by atoms with Gasteiger partial charge in [-0.25, -0.2) is 17.6 Å². The molecule has 0 aliphatic carbocycles. The quantitative estimate of drug-likeness (QED) is 0.782. The maximum absolute atomic E-state index is 14.1. The lowest BCUT2D eigenvalue weighted by atomic mass is 10.0. The number of aliphatic hydroxyl groups is 1. The molecule has 2 N–H and O–H groups in total. The summed E-state index contributed by atoms with van der Waals surface area (Å²) in [5.41, 5.74) is -0.735. The molecule has 1 unspecified atom stereocenters. The normalized spacial score (nSPS) is 12.6. The largest absolute Gasteiger partial charge is 0.496 e. The predicted molar refractivity (Wildman–Crippen MR) is 81.6 cm³/mol. The minimum Gasteiger partial charge on any atom is -0.496 e. The van der Waals surface area contributed by atoms with Crippen LogP contribution in [0.15, 0.2) is 42.5 Å². The summed E-state index contributed by atoms with van der Waals surface area (Å²) in [6, 6.07) is 7.48. The molecule has 1 amide bonds. The molecule has 0 radical (unpaired) electrons. The summed E-state index contributed by atoms with van der Waals surface area (Å²) >= 11 is 0. The van der Waals surface area contributed by atoms with E-state index in [0.29, 0.717) is 0 Å². The van der Waals surface area contributed by atoms with Crippen LogP contribution in [0.1, 0.15) is 22.0 Å². The molecule has 134 valence electrons. The first-order chi connectivity index (χ1) is 11.8. The number of methoxy groups -OCH3 is 1. The molecule has 1 atom stereocenters. The van der Waals surface area contributed by atoms with Gasteiger partial charge in [-0.2, -0.15) is 0 Å². The Labute approximate surface area is 141 Å². The second-order valence-corrected chi connectivity index (χ2v) is 5.21. The number of hydrogen-bond donors (Lipinski definition) is 2. The molecule has 2 aromatic carbocycles. The van der Waals surface area contributed by atoms with E-state index in [1.807, 2.05) is 5.32 Å². The third-order valence-electron chi connectivity index (χ3n) is 3.49. The van der Waals surface area contributed by atoms with Crippen LogP contribution in [0.4, 0.5) is 17.6 Å². The molecule has 0 spiro atoms. The summed E-state index contributed by atoms with van der Waals surface area (Å²) in [6.45, 7) is -1.25. The minimum atomic E-state index is -3.76. The third kappa shape index (κ3) is 4.27. The molecular weight excluding hydrogens is 342 g/mol. The van der Waals surface area contributed by atoms with Gasteiger partial charge < -0.3 is 15.2 Å². The number of alkyl halides is 2. The molecule has 8 heteroatoms. The highest BCUT2D eigenvalue weighted by Gasteiger charge is 2.40. The van der Waals surface area contributed by atoms with Crippen molar-refractivity contribution in [3.63, 3.8) is 0 Å². The van der Waals surface area contributed by atoms with Crippen LogP contribution in [0.25, 0.3) is 0 Å². The molecule has 0 saturated carbocycles. The van der Waals surface area contributed by atoms with Crippen molar-refractivity contribution in [1.29, 1.82) is 0 Å². The summed E-state index contributed by atoms with van der Waals surface area (Å²) in [5, 5.41) is 11.6. The van der Waals surface area contributed by atoms with E-state index in [0.717, 1.165) is 30.3 Å². The highest BCUT2D eigenvalue weighted by Crippen LogP contribution is 2.31. The zero-order valence-corrected chi connectivity index (χ0v) is 13.1. The average Bonchev–Trinajstić information content (AvgIpc) is 2.59. The van der Waals surface area contributed by atoms with Crippen molar-refractivity contribution < 1.29 is 32.2 Å². The maximum Gasteiger partial charge on any atom is 0.294 e. The Hall–Kier alpha value is -2.61. The zero-order chi connectivity index (χ0) is 18.6. The van der Waals surface area contributed by atoms with Crippen LogP contribution in [-0.2, 0) is 0 Å². The number of aliphatic hydroxyl groups excluding tert-OH is 1. The zero-order valence-electron chi connectivity index (χ0n) is 13.1. The van der Waals surface area contributed by atoms with Crippen LogP contribution in [0.5, 0.6) is 5.75 Å². The molecule has 0 fully saturated rings. The fourth-order valence-corrected chi connectivity index (χ4v) is 2.17. The van der Waals surface area contributed by atoms with Crippen molar-refractivity contribution in [2.75, 3.05) is 13.7 Å². The summed E-state index contributed by atoms with van der Waals surface area (Å²) < 4.78 is 59.6. The molecule has 0 heterocycles. The molecule has 0 bridgehead atoms. The molecule has 0 aromatic heterocycles. The van der Waals surface area contributed by atoms with Crippen molar-refractivity contribution in [2.24, 2.45) is 0 Å². The van der Waals surface area contributed by atoms with Gasteiger partial charge in [0.25, 0.3) is 11.8 Å². The van der Waals surface area contributed by atoms with Gasteiger partial charge >= 0.3 is 0 Å². The van der Waals surface area contributed by atoms with Crippen molar-refractivity contribution in [3.8, 4) is 5.75 Å². The van der Waals surface area contributed by atoms with E-state index in [9.17, 15) is 27.5 Å². The smallest absolute Gasteiger partial charge is 0.294 e. The molecule has 2 aromatic rings. The van der Waals surface area contributed by atoms with Gasteiger partial charge in [0.05, 0.1) is 13.7 Å². The number of carbonyl (C=O) groups excluding carboxylic acids is 1. The summed E-state index contributed by atoms with van der Waals surface area (Å²) in [4.78, 5) is 12.0. The van der Waals surface area contributed by atoms with Gasteiger partial charge in [0.1, 0.15) is 29.1 Å². The van der Waals surface area contributed by atoms with Gasteiger partial charge in [0.15, 0.2) is 0 Å². The summed E-state index contributed by atoms with van der Waals surface area (Å²) in [6.07, 6.45) is -2.27. The molecule has 0 aliphatic rings. The monoisotopic (exact) mass is 357 g/mol. The Morgan fingerprint density at radius 2 is 1.84 bits per heavy atom. The summed E-state index contributed by atoms with van der Waals surface area (Å²) in [5.74, 6) is -6.55.